The first-order chi connectivity index (χ1) is 7.49. The molecule has 88 valence electrons. The lowest BCUT2D eigenvalue weighted by Gasteiger charge is -2.29. The number of sulfone groups is 1. The molecule has 0 amide bonds. The van der Waals surface area contributed by atoms with Crippen LogP contribution in [-0.2, 0) is 9.84 Å². The largest absolute Gasteiger partial charge is 0.327 e. The number of aryl methyl sites for hydroxylation is 1. The van der Waals surface area contributed by atoms with Crippen LogP contribution in [0.3, 0.4) is 0 Å². The van der Waals surface area contributed by atoms with Gasteiger partial charge in [0.15, 0.2) is 9.84 Å². The summed E-state index contributed by atoms with van der Waals surface area (Å²) in [5, 5.41) is 0. The summed E-state index contributed by atoms with van der Waals surface area (Å²) in [6, 6.07) is 7.85. The van der Waals surface area contributed by atoms with Gasteiger partial charge in [-0.05, 0) is 24.5 Å². The zero-order valence-electron chi connectivity index (χ0n) is 9.39. The van der Waals surface area contributed by atoms with Crippen LogP contribution >= 0.6 is 0 Å². The fraction of sp³-hybridized carbons (Fsp3) is 0.500. The van der Waals surface area contributed by atoms with E-state index in [4.69, 9.17) is 5.73 Å². The van der Waals surface area contributed by atoms with Crippen molar-refractivity contribution < 1.29 is 8.42 Å². The SMILES string of the molecule is Cc1ccccc1C1CS(=O)(=O)CCC1N. The molecule has 0 saturated carbocycles. The fourth-order valence-electron chi connectivity index (χ4n) is 2.32. The van der Waals surface area contributed by atoms with E-state index < -0.39 is 9.84 Å². The molecule has 0 aliphatic carbocycles. The number of rotatable bonds is 1. The number of hydrogen-bond acceptors (Lipinski definition) is 3. The molecule has 1 saturated heterocycles. The van der Waals surface area contributed by atoms with Gasteiger partial charge in [0.1, 0.15) is 0 Å². The van der Waals surface area contributed by atoms with E-state index in [1.54, 1.807) is 0 Å². The van der Waals surface area contributed by atoms with Gasteiger partial charge in [0.2, 0.25) is 0 Å². The maximum Gasteiger partial charge on any atom is 0.151 e. The van der Waals surface area contributed by atoms with Crippen LogP contribution in [0.2, 0.25) is 0 Å². The summed E-state index contributed by atoms with van der Waals surface area (Å²) in [5.74, 6) is 0.384. The molecule has 1 heterocycles. The molecule has 2 unspecified atom stereocenters. The van der Waals surface area contributed by atoms with Gasteiger partial charge in [0.25, 0.3) is 0 Å². The highest BCUT2D eigenvalue weighted by Gasteiger charge is 2.32. The van der Waals surface area contributed by atoms with Gasteiger partial charge in [-0.1, -0.05) is 24.3 Å². The molecule has 0 radical (unpaired) electrons. The lowest BCUT2D eigenvalue weighted by atomic mass is 9.89. The highest BCUT2D eigenvalue weighted by atomic mass is 32.2. The van der Waals surface area contributed by atoms with Crippen molar-refractivity contribution in [2.75, 3.05) is 11.5 Å². The Balaban J connectivity index is 2.36. The van der Waals surface area contributed by atoms with Gasteiger partial charge in [0.05, 0.1) is 11.5 Å². The predicted molar refractivity (Wildman–Crippen MR) is 65.2 cm³/mol. The van der Waals surface area contributed by atoms with Gasteiger partial charge in [0, 0.05) is 12.0 Å². The highest BCUT2D eigenvalue weighted by Crippen LogP contribution is 2.29. The van der Waals surface area contributed by atoms with E-state index >= 15 is 0 Å². The average Bonchev–Trinajstić information content (AvgIpc) is 2.23. The molecule has 3 nitrogen and oxygen atoms in total. The summed E-state index contributed by atoms with van der Waals surface area (Å²) in [4.78, 5) is 0. The Hall–Kier alpha value is -0.870. The van der Waals surface area contributed by atoms with Crippen LogP contribution in [0.5, 0.6) is 0 Å². The minimum atomic E-state index is -2.91. The third-order valence-electron chi connectivity index (χ3n) is 3.30. The third-order valence-corrected chi connectivity index (χ3v) is 5.03. The van der Waals surface area contributed by atoms with Crippen molar-refractivity contribution in [1.82, 2.24) is 0 Å². The Morgan fingerprint density at radius 1 is 1.31 bits per heavy atom. The minimum Gasteiger partial charge on any atom is -0.327 e. The Morgan fingerprint density at radius 2 is 2.00 bits per heavy atom. The maximum atomic E-state index is 11.6. The smallest absolute Gasteiger partial charge is 0.151 e. The van der Waals surface area contributed by atoms with Crippen molar-refractivity contribution in [3.63, 3.8) is 0 Å². The van der Waals surface area contributed by atoms with Crippen LogP contribution < -0.4 is 5.73 Å². The van der Waals surface area contributed by atoms with Gasteiger partial charge in [-0.15, -0.1) is 0 Å². The van der Waals surface area contributed by atoms with Gasteiger partial charge in [-0.25, -0.2) is 8.42 Å². The summed E-state index contributed by atoms with van der Waals surface area (Å²) in [6.45, 7) is 2.00. The molecule has 1 aromatic carbocycles. The molecule has 4 heteroatoms. The van der Waals surface area contributed by atoms with E-state index in [1.807, 2.05) is 31.2 Å². The summed E-state index contributed by atoms with van der Waals surface area (Å²) < 4.78 is 23.3. The molecule has 1 aliphatic heterocycles. The standard InChI is InChI=1S/C12H17NO2S/c1-9-4-2-3-5-10(9)11-8-16(14,15)7-6-12(11)13/h2-5,11-12H,6-8,13H2,1H3. The first-order valence-electron chi connectivity index (χ1n) is 5.51. The van der Waals surface area contributed by atoms with Crippen LogP contribution in [-0.4, -0.2) is 26.0 Å². The van der Waals surface area contributed by atoms with Crippen LogP contribution in [0.4, 0.5) is 0 Å². The third kappa shape index (κ3) is 2.28. The molecule has 2 N–H and O–H groups in total. The molecule has 0 bridgehead atoms. The van der Waals surface area contributed by atoms with Crippen LogP contribution in [0.1, 0.15) is 23.5 Å². The second-order valence-corrected chi connectivity index (χ2v) is 6.76. The average molecular weight is 239 g/mol. The summed E-state index contributed by atoms with van der Waals surface area (Å²) in [7, 11) is -2.91. The predicted octanol–water partition coefficient (Wildman–Crippen LogP) is 1.22. The van der Waals surface area contributed by atoms with Crippen LogP contribution in [0, 0.1) is 6.92 Å². The van der Waals surface area contributed by atoms with E-state index in [1.165, 1.54) is 0 Å². The molecule has 0 aromatic heterocycles. The normalized spacial score (nSPS) is 28.9. The number of hydrogen-bond donors (Lipinski definition) is 1. The second kappa shape index (κ2) is 4.18. The van der Waals surface area contributed by atoms with Crippen molar-refractivity contribution >= 4 is 9.84 Å². The van der Waals surface area contributed by atoms with Crippen molar-refractivity contribution in [2.45, 2.75) is 25.3 Å². The van der Waals surface area contributed by atoms with Gasteiger partial charge < -0.3 is 5.73 Å². The molecule has 1 aromatic rings. The number of nitrogens with two attached hydrogens (primary N) is 1. The van der Waals surface area contributed by atoms with E-state index in [9.17, 15) is 8.42 Å². The molecule has 2 atom stereocenters. The topological polar surface area (TPSA) is 60.2 Å². The zero-order valence-corrected chi connectivity index (χ0v) is 10.2. The Bertz CT molecular complexity index is 482. The minimum absolute atomic E-state index is 0.0374. The Kier molecular flexibility index (Phi) is 3.04. The number of benzene rings is 1. The fourth-order valence-corrected chi connectivity index (χ4v) is 4.09. The van der Waals surface area contributed by atoms with Crippen molar-refractivity contribution in [2.24, 2.45) is 5.73 Å². The molecule has 0 spiro atoms. The van der Waals surface area contributed by atoms with Crippen molar-refractivity contribution in [3.05, 3.63) is 35.4 Å². The molecular weight excluding hydrogens is 222 g/mol. The first kappa shape index (κ1) is 11.6. The molecule has 16 heavy (non-hydrogen) atoms. The first-order valence-corrected chi connectivity index (χ1v) is 7.33. The zero-order chi connectivity index (χ0) is 11.8. The monoisotopic (exact) mass is 239 g/mol. The summed E-state index contributed by atoms with van der Waals surface area (Å²) in [5.41, 5.74) is 8.24. The van der Waals surface area contributed by atoms with Crippen molar-refractivity contribution in [3.8, 4) is 0 Å². The molecule has 2 rings (SSSR count). The molecule has 1 aliphatic rings. The van der Waals surface area contributed by atoms with E-state index in [0.29, 0.717) is 6.42 Å². The Labute approximate surface area is 96.6 Å². The molecular formula is C12H17NO2S. The van der Waals surface area contributed by atoms with Crippen LogP contribution in [0.25, 0.3) is 0 Å². The summed E-state index contributed by atoms with van der Waals surface area (Å²) in [6.07, 6.45) is 0.571. The second-order valence-electron chi connectivity index (χ2n) is 4.53. The van der Waals surface area contributed by atoms with Crippen molar-refractivity contribution in [1.29, 1.82) is 0 Å². The molecule has 1 fully saturated rings. The summed E-state index contributed by atoms with van der Waals surface area (Å²) >= 11 is 0. The van der Waals surface area contributed by atoms with E-state index in [0.717, 1.165) is 11.1 Å². The lowest BCUT2D eigenvalue weighted by molar-refractivity contribution is 0.503. The quantitative estimate of drug-likeness (QED) is 0.801. The Morgan fingerprint density at radius 3 is 2.69 bits per heavy atom. The lowest BCUT2D eigenvalue weighted by Crippen LogP contribution is -2.40. The van der Waals surface area contributed by atoms with Gasteiger partial charge in [-0.2, -0.15) is 0 Å². The van der Waals surface area contributed by atoms with Crippen LogP contribution in [0.15, 0.2) is 24.3 Å². The van der Waals surface area contributed by atoms with E-state index in [-0.39, 0.29) is 23.5 Å². The highest BCUT2D eigenvalue weighted by molar-refractivity contribution is 7.91. The van der Waals surface area contributed by atoms with Gasteiger partial charge >= 0.3 is 0 Å². The maximum absolute atomic E-state index is 11.6. The van der Waals surface area contributed by atoms with Gasteiger partial charge in [-0.3, -0.25) is 0 Å². The van der Waals surface area contributed by atoms with E-state index in [2.05, 4.69) is 0 Å².